The van der Waals surface area contributed by atoms with Gasteiger partial charge in [-0.2, -0.15) is 0 Å². The topological polar surface area (TPSA) is 113 Å². The van der Waals surface area contributed by atoms with Gasteiger partial charge in [-0.15, -0.1) is 0 Å². The summed E-state index contributed by atoms with van der Waals surface area (Å²) in [5.41, 5.74) is 7.86. The monoisotopic (exact) mass is 490 g/mol. The first-order chi connectivity index (χ1) is 17.3. The van der Waals surface area contributed by atoms with E-state index in [1.807, 2.05) is 50.2 Å². The average molecular weight is 491 g/mol. The summed E-state index contributed by atoms with van der Waals surface area (Å²) in [6.07, 6.45) is 1.21. The maximum absolute atomic E-state index is 13.7. The number of nitrogens with zero attached hydrogens (tertiary/aromatic N) is 2. The Hall–Kier alpha value is -3.52. The second kappa shape index (κ2) is 11.0. The summed E-state index contributed by atoms with van der Waals surface area (Å²) in [5, 5.41) is 2.89. The number of carbonyl (C=O) groups is 4. The molecule has 0 aromatic heterocycles. The van der Waals surface area contributed by atoms with Crippen LogP contribution in [0.2, 0.25) is 0 Å². The van der Waals surface area contributed by atoms with Crippen LogP contribution in [0.3, 0.4) is 0 Å². The molecule has 4 rings (SSSR count). The molecule has 2 fully saturated rings. The molecule has 3 unspecified atom stereocenters. The van der Waals surface area contributed by atoms with Crippen LogP contribution in [0.4, 0.5) is 0 Å². The SMILES string of the molecule is CC(C)CC(NC(=O)c1cccc(CN)c1)C(=O)N1CCC2C1C(=O)CN2C(=O)Cc1ccccc1. The van der Waals surface area contributed by atoms with Crippen LogP contribution in [0.5, 0.6) is 0 Å². The molecule has 3 amide bonds. The number of Topliss-reactive ketones (excluding diaryl/α,β-unsaturated/α-hetero) is 1. The number of likely N-dealkylation sites (tertiary alicyclic amines) is 2. The third-order valence-corrected chi connectivity index (χ3v) is 6.96. The molecule has 190 valence electrons. The van der Waals surface area contributed by atoms with Gasteiger partial charge in [0.1, 0.15) is 12.1 Å². The van der Waals surface area contributed by atoms with Gasteiger partial charge in [0.15, 0.2) is 5.78 Å². The van der Waals surface area contributed by atoms with Crippen molar-refractivity contribution in [3.63, 3.8) is 0 Å². The smallest absolute Gasteiger partial charge is 0.251 e. The molecule has 2 aromatic carbocycles. The molecule has 2 aliphatic rings. The minimum Gasteiger partial charge on any atom is -0.340 e. The zero-order valence-electron chi connectivity index (χ0n) is 20.9. The number of hydrogen-bond donors (Lipinski definition) is 2. The summed E-state index contributed by atoms with van der Waals surface area (Å²) in [5.74, 6) is -0.709. The van der Waals surface area contributed by atoms with Crippen molar-refractivity contribution in [3.05, 3.63) is 71.3 Å². The molecule has 0 aliphatic carbocycles. The van der Waals surface area contributed by atoms with E-state index in [2.05, 4.69) is 5.32 Å². The van der Waals surface area contributed by atoms with E-state index in [4.69, 9.17) is 5.73 Å². The maximum Gasteiger partial charge on any atom is 0.251 e. The molecule has 8 heteroatoms. The average Bonchev–Trinajstić information content (AvgIpc) is 3.45. The van der Waals surface area contributed by atoms with Crippen molar-refractivity contribution in [3.8, 4) is 0 Å². The normalized spacial score (nSPS) is 19.9. The second-order valence-corrected chi connectivity index (χ2v) is 10.0. The number of carbonyl (C=O) groups excluding carboxylic acids is 4. The van der Waals surface area contributed by atoms with Crippen molar-refractivity contribution in [1.29, 1.82) is 0 Å². The molecular weight excluding hydrogens is 456 g/mol. The van der Waals surface area contributed by atoms with E-state index in [9.17, 15) is 19.2 Å². The first-order valence-electron chi connectivity index (χ1n) is 12.5. The number of rotatable bonds is 8. The van der Waals surface area contributed by atoms with Gasteiger partial charge >= 0.3 is 0 Å². The highest BCUT2D eigenvalue weighted by molar-refractivity contribution is 6.01. The molecule has 0 bridgehead atoms. The van der Waals surface area contributed by atoms with Crippen molar-refractivity contribution in [2.75, 3.05) is 13.1 Å². The van der Waals surface area contributed by atoms with Crippen LogP contribution in [0, 0.1) is 5.92 Å². The van der Waals surface area contributed by atoms with E-state index in [0.717, 1.165) is 11.1 Å². The Labute approximate surface area is 211 Å². The van der Waals surface area contributed by atoms with E-state index >= 15 is 0 Å². The third kappa shape index (κ3) is 5.49. The Kier molecular flexibility index (Phi) is 7.84. The summed E-state index contributed by atoms with van der Waals surface area (Å²) in [7, 11) is 0. The molecule has 2 saturated heterocycles. The Morgan fingerprint density at radius 1 is 1.03 bits per heavy atom. The minimum atomic E-state index is -0.764. The molecule has 2 heterocycles. The highest BCUT2D eigenvalue weighted by Crippen LogP contribution is 2.31. The van der Waals surface area contributed by atoms with Crippen LogP contribution in [-0.4, -0.2) is 64.5 Å². The largest absolute Gasteiger partial charge is 0.340 e. The zero-order chi connectivity index (χ0) is 25.8. The summed E-state index contributed by atoms with van der Waals surface area (Å²) < 4.78 is 0. The lowest BCUT2D eigenvalue weighted by Crippen LogP contribution is -2.53. The van der Waals surface area contributed by atoms with E-state index in [1.165, 1.54) is 0 Å². The summed E-state index contributed by atoms with van der Waals surface area (Å²) in [4.78, 5) is 55.9. The molecule has 0 saturated carbocycles. The fourth-order valence-electron chi connectivity index (χ4n) is 5.24. The van der Waals surface area contributed by atoms with Crippen molar-refractivity contribution >= 4 is 23.5 Å². The summed E-state index contributed by atoms with van der Waals surface area (Å²) in [6, 6.07) is 14.7. The van der Waals surface area contributed by atoms with Crippen LogP contribution in [-0.2, 0) is 27.3 Å². The maximum atomic E-state index is 13.7. The molecule has 0 radical (unpaired) electrons. The number of benzene rings is 2. The number of ketones is 1. The van der Waals surface area contributed by atoms with Gasteiger partial charge in [0.25, 0.3) is 5.91 Å². The molecule has 3 atom stereocenters. The van der Waals surface area contributed by atoms with Gasteiger partial charge in [-0.1, -0.05) is 56.3 Å². The quantitative estimate of drug-likeness (QED) is 0.587. The van der Waals surface area contributed by atoms with E-state index in [-0.39, 0.29) is 48.4 Å². The van der Waals surface area contributed by atoms with Crippen molar-refractivity contribution in [1.82, 2.24) is 15.1 Å². The Balaban J connectivity index is 1.48. The highest BCUT2D eigenvalue weighted by atomic mass is 16.2. The van der Waals surface area contributed by atoms with E-state index in [1.54, 1.807) is 28.0 Å². The van der Waals surface area contributed by atoms with E-state index < -0.39 is 12.1 Å². The standard InChI is InChI=1S/C28H34N4O4/c1-18(2)13-22(30-27(35)21-10-6-9-20(14-21)16-29)28(36)31-12-11-23-26(31)24(33)17-32(23)25(34)15-19-7-4-3-5-8-19/h3-10,14,18,22-23,26H,11-13,15-17,29H2,1-2H3,(H,30,35). The van der Waals surface area contributed by atoms with Gasteiger partial charge in [0.2, 0.25) is 11.8 Å². The van der Waals surface area contributed by atoms with Crippen molar-refractivity contribution in [2.45, 2.75) is 57.8 Å². The molecule has 2 aromatic rings. The lowest BCUT2D eigenvalue weighted by atomic mass is 10.0. The van der Waals surface area contributed by atoms with Gasteiger partial charge < -0.3 is 20.9 Å². The van der Waals surface area contributed by atoms with Crippen LogP contribution in [0.25, 0.3) is 0 Å². The third-order valence-electron chi connectivity index (χ3n) is 6.96. The lowest BCUT2D eigenvalue weighted by Gasteiger charge is -2.29. The van der Waals surface area contributed by atoms with Gasteiger partial charge in [0.05, 0.1) is 19.0 Å². The number of fused-ring (bicyclic) bond motifs is 1. The lowest BCUT2D eigenvalue weighted by molar-refractivity contribution is -0.138. The van der Waals surface area contributed by atoms with E-state index in [0.29, 0.717) is 31.5 Å². The van der Waals surface area contributed by atoms with Crippen LogP contribution in [0.1, 0.15) is 48.2 Å². The van der Waals surface area contributed by atoms with Gasteiger partial charge in [-0.3, -0.25) is 19.2 Å². The zero-order valence-corrected chi connectivity index (χ0v) is 20.9. The van der Waals surface area contributed by atoms with Crippen LogP contribution < -0.4 is 11.1 Å². The number of hydrogen-bond acceptors (Lipinski definition) is 5. The number of amides is 3. The molecule has 8 nitrogen and oxygen atoms in total. The molecule has 0 spiro atoms. The predicted octanol–water partition coefficient (Wildman–Crippen LogP) is 1.91. The Morgan fingerprint density at radius 2 is 1.75 bits per heavy atom. The number of nitrogens with one attached hydrogen (secondary N) is 1. The Bertz CT molecular complexity index is 1130. The van der Waals surface area contributed by atoms with Gasteiger partial charge in [0, 0.05) is 18.7 Å². The Morgan fingerprint density at radius 3 is 2.44 bits per heavy atom. The van der Waals surface area contributed by atoms with Crippen molar-refractivity contribution in [2.24, 2.45) is 11.7 Å². The summed E-state index contributed by atoms with van der Waals surface area (Å²) in [6.45, 7) is 4.67. The summed E-state index contributed by atoms with van der Waals surface area (Å²) >= 11 is 0. The second-order valence-electron chi connectivity index (χ2n) is 10.0. The first kappa shape index (κ1) is 25.6. The molecule has 3 N–H and O–H groups in total. The molecule has 36 heavy (non-hydrogen) atoms. The van der Waals surface area contributed by atoms with Crippen LogP contribution >= 0.6 is 0 Å². The number of nitrogens with two attached hydrogens (primary N) is 1. The molecule has 2 aliphatic heterocycles. The van der Waals surface area contributed by atoms with Gasteiger partial charge in [-0.05, 0) is 42.0 Å². The fraction of sp³-hybridized carbons (Fsp3) is 0.429. The first-order valence-corrected chi connectivity index (χ1v) is 12.5. The predicted molar refractivity (Wildman–Crippen MR) is 136 cm³/mol. The van der Waals surface area contributed by atoms with Crippen molar-refractivity contribution < 1.29 is 19.2 Å². The minimum absolute atomic E-state index is 0.0118. The van der Waals surface area contributed by atoms with Crippen LogP contribution in [0.15, 0.2) is 54.6 Å². The van der Waals surface area contributed by atoms with Gasteiger partial charge in [-0.25, -0.2) is 0 Å². The fourth-order valence-corrected chi connectivity index (χ4v) is 5.24. The molecular formula is C28H34N4O4. The highest BCUT2D eigenvalue weighted by Gasteiger charge is 2.52.